The van der Waals surface area contributed by atoms with E-state index in [9.17, 15) is 31.5 Å². The van der Waals surface area contributed by atoms with Gasteiger partial charge in [0.25, 0.3) is 16.0 Å². The molecule has 0 saturated heterocycles. The smallest absolute Gasteiger partial charge is 0.435 e. The molecule has 3 aromatic rings. The highest BCUT2D eigenvalue weighted by molar-refractivity contribution is 7.85. The number of hydrogen-bond donors (Lipinski definition) is 3. The monoisotopic (exact) mass is 491 g/mol. The van der Waals surface area contributed by atoms with Crippen LogP contribution >= 0.6 is 11.6 Å². The third-order valence-electron chi connectivity index (χ3n) is 3.94. The number of nitrogens with one attached hydrogen (secondary N) is 1. The average Bonchev–Trinajstić information content (AvgIpc) is 3.12. The van der Waals surface area contributed by atoms with E-state index < -0.39 is 51.0 Å². The molecule has 9 nitrogen and oxygen atoms in total. The Morgan fingerprint density at radius 1 is 1.19 bits per heavy atom. The minimum Gasteiger partial charge on any atom is -0.506 e. The summed E-state index contributed by atoms with van der Waals surface area (Å²) < 4.78 is 76.8. The molecule has 0 unspecified atom stereocenters. The summed E-state index contributed by atoms with van der Waals surface area (Å²) >= 11 is 6.02. The van der Waals surface area contributed by atoms with Gasteiger partial charge in [0, 0.05) is 6.07 Å². The fourth-order valence-corrected chi connectivity index (χ4v) is 3.23. The van der Waals surface area contributed by atoms with Crippen molar-refractivity contribution in [1.82, 2.24) is 9.78 Å². The second-order valence-corrected chi connectivity index (χ2v) is 8.05. The van der Waals surface area contributed by atoms with Gasteiger partial charge in [-0.25, -0.2) is 0 Å². The Morgan fingerprint density at radius 3 is 2.50 bits per heavy atom. The van der Waals surface area contributed by atoms with Crippen molar-refractivity contribution >= 4 is 33.3 Å². The van der Waals surface area contributed by atoms with E-state index in [1.54, 1.807) is 6.07 Å². The Balaban J connectivity index is 1.83. The number of phenolic OH excluding ortho intramolecular Hbond substituents is 1. The third kappa shape index (κ3) is 5.30. The number of carbonyl (C=O) groups excluding carboxylic acids is 1. The normalized spacial score (nSPS) is 11.9. The van der Waals surface area contributed by atoms with Crippen LogP contribution in [0.2, 0.25) is 5.02 Å². The zero-order chi connectivity index (χ0) is 23.7. The van der Waals surface area contributed by atoms with Crippen LogP contribution in [-0.2, 0) is 21.1 Å². The van der Waals surface area contributed by atoms with Crippen LogP contribution in [0, 0.1) is 0 Å². The first-order valence-electron chi connectivity index (χ1n) is 8.51. The summed E-state index contributed by atoms with van der Waals surface area (Å²) in [4.78, 5) is 11.6. The Morgan fingerprint density at radius 2 is 1.88 bits per heavy atom. The van der Waals surface area contributed by atoms with Crippen LogP contribution in [0.3, 0.4) is 0 Å². The Kier molecular flexibility index (Phi) is 6.34. The second-order valence-electron chi connectivity index (χ2n) is 6.22. The van der Waals surface area contributed by atoms with Crippen molar-refractivity contribution in [3.8, 4) is 17.3 Å². The van der Waals surface area contributed by atoms with Crippen molar-refractivity contribution < 1.29 is 40.8 Å². The van der Waals surface area contributed by atoms with Crippen molar-refractivity contribution in [3.63, 3.8) is 0 Å². The van der Waals surface area contributed by atoms with Crippen molar-refractivity contribution in [2.45, 2.75) is 11.1 Å². The highest BCUT2D eigenvalue weighted by Crippen LogP contribution is 2.33. The number of alkyl halides is 3. The molecule has 14 heteroatoms. The number of halogens is 4. The molecule has 0 aliphatic heterocycles. The third-order valence-corrected chi connectivity index (χ3v) is 5.11. The van der Waals surface area contributed by atoms with E-state index in [0.717, 1.165) is 22.9 Å². The van der Waals surface area contributed by atoms with Gasteiger partial charge in [0.2, 0.25) is 5.88 Å². The number of aromatic nitrogens is 2. The highest BCUT2D eigenvalue weighted by Gasteiger charge is 2.36. The molecule has 1 amide bonds. The molecule has 3 rings (SSSR count). The minimum absolute atomic E-state index is 0.0681. The Hall–Kier alpha value is -3.29. The fourth-order valence-electron chi connectivity index (χ4n) is 2.50. The number of para-hydroxylation sites is 1. The topological polar surface area (TPSA) is 131 Å². The largest absolute Gasteiger partial charge is 0.506 e. The van der Waals surface area contributed by atoms with Gasteiger partial charge in [0.05, 0.1) is 21.3 Å². The maximum absolute atomic E-state index is 13.1. The zero-order valence-electron chi connectivity index (χ0n) is 15.7. The molecule has 3 N–H and O–H groups in total. The van der Waals surface area contributed by atoms with E-state index in [0.29, 0.717) is 6.07 Å². The van der Waals surface area contributed by atoms with E-state index in [2.05, 4.69) is 10.4 Å². The lowest BCUT2D eigenvalue weighted by Crippen LogP contribution is -2.21. The molecule has 0 aliphatic rings. The number of nitrogens with zero attached hydrogens (tertiary/aromatic N) is 2. The molecule has 0 bridgehead atoms. The summed E-state index contributed by atoms with van der Waals surface area (Å²) in [7, 11) is -4.61. The summed E-state index contributed by atoms with van der Waals surface area (Å²) in [5, 5.41) is 15.4. The minimum atomic E-state index is -4.80. The molecule has 0 radical (unpaired) electrons. The van der Waals surface area contributed by atoms with Gasteiger partial charge >= 0.3 is 6.18 Å². The number of phenols is 1. The number of aromatic hydroxyl groups is 1. The number of carbonyl (C=O) groups is 1. The zero-order valence-corrected chi connectivity index (χ0v) is 17.2. The van der Waals surface area contributed by atoms with Gasteiger partial charge in [-0.2, -0.15) is 31.4 Å². The molecule has 2 aromatic carbocycles. The van der Waals surface area contributed by atoms with Crippen LogP contribution < -0.4 is 10.1 Å². The molecule has 0 atom stereocenters. The molecule has 32 heavy (non-hydrogen) atoms. The van der Waals surface area contributed by atoms with Gasteiger partial charge in [0.1, 0.15) is 5.75 Å². The van der Waals surface area contributed by atoms with Gasteiger partial charge in [-0.15, -0.1) is 0 Å². The van der Waals surface area contributed by atoms with Crippen LogP contribution in [0.25, 0.3) is 5.69 Å². The predicted molar refractivity (Wildman–Crippen MR) is 106 cm³/mol. The van der Waals surface area contributed by atoms with Crippen LogP contribution in [0.4, 0.5) is 18.9 Å². The Labute approximate surface area is 183 Å². The number of hydrogen-bond acceptors (Lipinski definition) is 6. The first-order chi connectivity index (χ1) is 14.9. The summed E-state index contributed by atoms with van der Waals surface area (Å²) in [6.07, 6.45) is -4.80. The summed E-state index contributed by atoms with van der Waals surface area (Å²) in [5.74, 6) is -1.92. The standard InChI is InChI=1S/C18H13ClF3N3O6S/c19-11-3-1-2-4-13(11)25-17(8-15(24-25)18(20,21)22)31-9-16(27)23-12-7-10(32(28,29)30)5-6-14(12)26/h1-8,26H,9H2,(H,23,27)(H,28,29,30). The quantitative estimate of drug-likeness (QED) is 0.355. The van der Waals surface area contributed by atoms with E-state index in [4.69, 9.17) is 20.9 Å². The van der Waals surface area contributed by atoms with E-state index in [1.807, 2.05) is 0 Å². The molecule has 1 heterocycles. The molecule has 0 fully saturated rings. The lowest BCUT2D eigenvalue weighted by Gasteiger charge is -2.11. The Bertz CT molecular complexity index is 1280. The van der Waals surface area contributed by atoms with Crippen LogP contribution in [0.5, 0.6) is 11.6 Å². The van der Waals surface area contributed by atoms with Gasteiger partial charge in [-0.3, -0.25) is 9.35 Å². The van der Waals surface area contributed by atoms with E-state index >= 15 is 0 Å². The van der Waals surface area contributed by atoms with Crippen LogP contribution in [0.1, 0.15) is 5.69 Å². The maximum atomic E-state index is 13.1. The van der Waals surface area contributed by atoms with Gasteiger partial charge in [-0.05, 0) is 30.3 Å². The van der Waals surface area contributed by atoms with Crippen LogP contribution in [0.15, 0.2) is 53.4 Å². The molecular formula is C18H13ClF3N3O6S. The predicted octanol–water partition coefficient (Wildman–Crippen LogP) is 3.51. The SMILES string of the molecule is O=C(COc1cc(C(F)(F)F)nn1-c1ccccc1Cl)Nc1cc(S(=O)(=O)O)ccc1O. The van der Waals surface area contributed by atoms with Crippen molar-refractivity contribution in [2.24, 2.45) is 0 Å². The number of ether oxygens (including phenoxy) is 1. The van der Waals surface area contributed by atoms with Crippen molar-refractivity contribution in [1.29, 1.82) is 0 Å². The number of benzene rings is 2. The number of anilines is 1. The second kappa shape index (κ2) is 8.68. The number of rotatable bonds is 6. The lowest BCUT2D eigenvalue weighted by atomic mass is 10.3. The molecule has 0 saturated carbocycles. The van der Waals surface area contributed by atoms with E-state index in [-0.39, 0.29) is 16.4 Å². The molecule has 0 aliphatic carbocycles. The van der Waals surface area contributed by atoms with Gasteiger partial charge in [0.15, 0.2) is 12.3 Å². The fraction of sp³-hybridized carbons (Fsp3) is 0.111. The summed E-state index contributed by atoms with van der Waals surface area (Å²) in [6.45, 7) is -0.830. The van der Waals surface area contributed by atoms with Crippen LogP contribution in [-0.4, -0.2) is 40.4 Å². The molecule has 170 valence electrons. The number of amides is 1. The maximum Gasteiger partial charge on any atom is 0.435 e. The summed E-state index contributed by atoms with van der Waals surface area (Å²) in [5.41, 5.74) is -1.59. The van der Waals surface area contributed by atoms with Crippen molar-refractivity contribution in [2.75, 3.05) is 11.9 Å². The average molecular weight is 492 g/mol. The first-order valence-corrected chi connectivity index (χ1v) is 10.3. The molecule has 1 aromatic heterocycles. The van der Waals surface area contributed by atoms with Crippen molar-refractivity contribution in [3.05, 3.63) is 59.2 Å². The van der Waals surface area contributed by atoms with E-state index in [1.165, 1.54) is 18.2 Å². The van der Waals surface area contributed by atoms with Gasteiger partial charge in [-0.1, -0.05) is 23.7 Å². The van der Waals surface area contributed by atoms with Gasteiger partial charge < -0.3 is 15.2 Å². The summed E-state index contributed by atoms with van der Waals surface area (Å²) in [6, 6.07) is 9.07. The first kappa shape index (κ1) is 23.4. The molecular weight excluding hydrogens is 479 g/mol. The highest BCUT2D eigenvalue weighted by atomic mass is 35.5. The lowest BCUT2D eigenvalue weighted by molar-refractivity contribution is -0.141. The molecule has 0 spiro atoms.